The van der Waals surface area contributed by atoms with Crippen molar-refractivity contribution in [2.24, 2.45) is 5.92 Å². The lowest BCUT2D eigenvalue weighted by Crippen LogP contribution is -2.22. The van der Waals surface area contributed by atoms with Gasteiger partial charge in [0.25, 0.3) is 0 Å². The van der Waals surface area contributed by atoms with Crippen molar-refractivity contribution < 1.29 is 0 Å². The maximum atomic E-state index is 4.24. The molecule has 0 aliphatic carbocycles. The number of hydrogen-bond acceptors (Lipinski definition) is 2. The molecule has 102 valence electrons. The van der Waals surface area contributed by atoms with Gasteiger partial charge in [0.2, 0.25) is 0 Å². The van der Waals surface area contributed by atoms with E-state index in [2.05, 4.69) is 44.1 Å². The van der Waals surface area contributed by atoms with Gasteiger partial charge in [0.1, 0.15) is 0 Å². The Morgan fingerprint density at radius 2 is 2.00 bits per heavy atom. The lowest BCUT2D eigenvalue weighted by molar-refractivity contribution is 0.453. The summed E-state index contributed by atoms with van der Waals surface area (Å²) in [5.74, 6) is 0.801. The molecule has 0 spiro atoms. The van der Waals surface area contributed by atoms with Gasteiger partial charge in [0, 0.05) is 18.4 Å². The molecule has 0 aliphatic rings. The molecule has 1 unspecified atom stereocenters. The molecule has 0 amide bonds. The fourth-order valence-electron chi connectivity index (χ4n) is 2.42. The summed E-state index contributed by atoms with van der Waals surface area (Å²) in [6.07, 6.45) is 8.83. The molecule has 1 aromatic heterocycles. The third kappa shape index (κ3) is 4.77. The highest BCUT2D eigenvalue weighted by molar-refractivity contribution is 5.26. The van der Waals surface area contributed by atoms with Crippen molar-refractivity contribution in [1.29, 1.82) is 0 Å². The number of nitrogens with zero attached hydrogens (tertiary/aromatic N) is 1. The van der Waals surface area contributed by atoms with Crippen LogP contribution < -0.4 is 5.32 Å². The number of aryl methyl sites for hydroxylation is 1. The predicted molar refractivity (Wildman–Crippen MR) is 78.7 cm³/mol. The van der Waals surface area contributed by atoms with Crippen molar-refractivity contribution >= 4 is 0 Å². The van der Waals surface area contributed by atoms with E-state index in [0.717, 1.165) is 18.9 Å². The SMILES string of the molecule is CCNC(CCCC(C)C)c1ccncc1CC. The van der Waals surface area contributed by atoms with Gasteiger partial charge in [-0.3, -0.25) is 4.98 Å². The van der Waals surface area contributed by atoms with Crippen LogP contribution in [-0.4, -0.2) is 11.5 Å². The van der Waals surface area contributed by atoms with Crippen molar-refractivity contribution in [2.45, 2.75) is 59.4 Å². The first kappa shape index (κ1) is 15.2. The number of nitrogens with one attached hydrogen (secondary N) is 1. The van der Waals surface area contributed by atoms with E-state index in [4.69, 9.17) is 0 Å². The van der Waals surface area contributed by atoms with Crippen molar-refractivity contribution in [3.8, 4) is 0 Å². The van der Waals surface area contributed by atoms with Crippen LogP contribution in [0, 0.1) is 5.92 Å². The van der Waals surface area contributed by atoms with Gasteiger partial charge in [-0.1, -0.05) is 40.5 Å². The van der Waals surface area contributed by atoms with E-state index in [-0.39, 0.29) is 0 Å². The minimum Gasteiger partial charge on any atom is -0.310 e. The van der Waals surface area contributed by atoms with E-state index >= 15 is 0 Å². The molecule has 18 heavy (non-hydrogen) atoms. The first-order valence-electron chi connectivity index (χ1n) is 7.35. The van der Waals surface area contributed by atoms with Crippen LogP contribution in [-0.2, 0) is 6.42 Å². The third-order valence-electron chi connectivity index (χ3n) is 3.42. The Morgan fingerprint density at radius 3 is 2.61 bits per heavy atom. The van der Waals surface area contributed by atoms with E-state index in [1.54, 1.807) is 0 Å². The second-order valence-corrected chi connectivity index (χ2v) is 5.36. The molecule has 1 rings (SSSR count). The molecule has 0 saturated carbocycles. The summed E-state index contributed by atoms with van der Waals surface area (Å²) in [7, 11) is 0. The molecule has 0 aromatic carbocycles. The minimum atomic E-state index is 0.492. The topological polar surface area (TPSA) is 24.9 Å². The highest BCUT2D eigenvalue weighted by atomic mass is 14.9. The smallest absolute Gasteiger partial charge is 0.0323 e. The molecule has 0 saturated heterocycles. The van der Waals surface area contributed by atoms with Gasteiger partial charge < -0.3 is 5.32 Å². The van der Waals surface area contributed by atoms with Crippen LogP contribution in [0.5, 0.6) is 0 Å². The van der Waals surface area contributed by atoms with E-state index in [0.29, 0.717) is 6.04 Å². The molecule has 0 aliphatic heterocycles. The predicted octanol–water partition coefficient (Wildman–Crippen LogP) is 4.12. The van der Waals surface area contributed by atoms with Crippen LogP contribution >= 0.6 is 0 Å². The van der Waals surface area contributed by atoms with E-state index < -0.39 is 0 Å². The lowest BCUT2D eigenvalue weighted by Gasteiger charge is -2.21. The molecule has 0 bridgehead atoms. The van der Waals surface area contributed by atoms with Crippen LogP contribution in [0.3, 0.4) is 0 Å². The van der Waals surface area contributed by atoms with Gasteiger partial charge >= 0.3 is 0 Å². The molecular formula is C16H28N2. The normalized spacial score (nSPS) is 12.9. The molecule has 2 nitrogen and oxygen atoms in total. The Morgan fingerprint density at radius 1 is 1.22 bits per heavy atom. The first-order chi connectivity index (χ1) is 8.69. The Hall–Kier alpha value is -0.890. The number of hydrogen-bond donors (Lipinski definition) is 1. The van der Waals surface area contributed by atoms with Crippen LogP contribution in [0.15, 0.2) is 18.5 Å². The fraction of sp³-hybridized carbons (Fsp3) is 0.688. The van der Waals surface area contributed by atoms with E-state index in [1.807, 2.05) is 12.4 Å². The Labute approximate surface area is 112 Å². The second-order valence-electron chi connectivity index (χ2n) is 5.36. The number of pyridine rings is 1. The molecule has 0 radical (unpaired) electrons. The molecule has 0 fully saturated rings. The van der Waals surface area contributed by atoms with Crippen LogP contribution in [0.25, 0.3) is 0 Å². The average molecular weight is 248 g/mol. The monoisotopic (exact) mass is 248 g/mol. The van der Waals surface area contributed by atoms with Gasteiger partial charge in [0.15, 0.2) is 0 Å². The van der Waals surface area contributed by atoms with Gasteiger partial charge in [-0.15, -0.1) is 0 Å². The standard InChI is InChI=1S/C16H28N2/c1-5-14-12-17-11-10-15(14)16(18-6-2)9-7-8-13(3)4/h10-13,16,18H,5-9H2,1-4H3. The molecule has 1 atom stereocenters. The second kappa shape index (κ2) is 8.25. The molecule has 1 aromatic rings. The lowest BCUT2D eigenvalue weighted by atomic mass is 9.95. The third-order valence-corrected chi connectivity index (χ3v) is 3.42. The highest BCUT2D eigenvalue weighted by Crippen LogP contribution is 2.23. The van der Waals surface area contributed by atoms with Crippen LogP contribution in [0.2, 0.25) is 0 Å². The maximum Gasteiger partial charge on any atom is 0.0323 e. The fourth-order valence-corrected chi connectivity index (χ4v) is 2.42. The summed E-state index contributed by atoms with van der Waals surface area (Å²) in [6, 6.07) is 2.67. The Balaban J connectivity index is 2.70. The maximum absolute atomic E-state index is 4.24. The average Bonchev–Trinajstić information content (AvgIpc) is 2.37. The summed E-state index contributed by atoms with van der Waals surface area (Å²) in [5.41, 5.74) is 2.83. The number of rotatable bonds is 8. The van der Waals surface area contributed by atoms with Gasteiger partial charge in [-0.2, -0.15) is 0 Å². The van der Waals surface area contributed by atoms with Crippen LogP contribution in [0.4, 0.5) is 0 Å². The first-order valence-corrected chi connectivity index (χ1v) is 7.35. The largest absolute Gasteiger partial charge is 0.310 e. The Kier molecular flexibility index (Phi) is 6.96. The van der Waals surface area contributed by atoms with Crippen molar-refractivity contribution in [3.63, 3.8) is 0 Å². The Bertz CT molecular complexity index is 334. The van der Waals surface area contributed by atoms with Crippen molar-refractivity contribution in [2.75, 3.05) is 6.54 Å². The number of aromatic nitrogens is 1. The van der Waals surface area contributed by atoms with Gasteiger partial charge in [0.05, 0.1) is 0 Å². The summed E-state index contributed by atoms with van der Waals surface area (Å²) in [5, 5.41) is 3.62. The van der Waals surface area contributed by atoms with Gasteiger partial charge in [-0.25, -0.2) is 0 Å². The van der Waals surface area contributed by atoms with Crippen LogP contribution in [0.1, 0.15) is 64.1 Å². The summed E-state index contributed by atoms with van der Waals surface area (Å²) >= 11 is 0. The quantitative estimate of drug-likeness (QED) is 0.748. The summed E-state index contributed by atoms with van der Waals surface area (Å²) in [4.78, 5) is 4.24. The molecule has 2 heteroatoms. The summed E-state index contributed by atoms with van der Waals surface area (Å²) < 4.78 is 0. The molecular weight excluding hydrogens is 220 g/mol. The minimum absolute atomic E-state index is 0.492. The molecule has 1 N–H and O–H groups in total. The zero-order valence-corrected chi connectivity index (χ0v) is 12.4. The van der Waals surface area contributed by atoms with E-state index in [9.17, 15) is 0 Å². The highest BCUT2D eigenvalue weighted by Gasteiger charge is 2.13. The molecule has 1 heterocycles. The summed E-state index contributed by atoms with van der Waals surface area (Å²) in [6.45, 7) is 10.0. The zero-order chi connectivity index (χ0) is 13.4. The van der Waals surface area contributed by atoms with E-state index in [1.165, 1.54) is 30.4 Å². The zero-order valence-electron chi connectivity index (χ0n) is 12.4. The van der Waals surface area contributed by atoms with Crippen molar-refractivity contribution in [3.05, 3.63) is 29.6 Å². The van der Waals surface area contributed by atoms with Crippen molar-refractivity contribution in [1.82, 2.24) is 10.3 Å². The van der Waals surface area contributed by atoms with Gasteiger partial charge in [-0.05, 0) is 42.5 Å².